The lowest BCUT2D eigenvalue weighted by Gasteiger charge is -2.20. The second kappa shape index (κ2) is 8.17. The zero-order valence-corrected chi connectivity index (χ0v) is 14.9. The van der Waals surface area contributed by atoms with E-state index in [0.717, 1.165) is 0 Å². The quantitative estimate of drug-likeness (QED) is 0.816. The van der Waals surface area contributed by atoms with Gasteiger partial charge < -0.3 is 15.0 Å². The van der Waals surface area contributed by atoms with Crippen molar-refractivity contribution >= 4 is 23.3 Å². The summed E-state index contributed by atoms with van der Waals surface area (Å²) in [6.07, 6.45) is 0.574. The number of thiophene rings is 1. The highest BCUT2D eigenvalue weighted by Gasteiger charge is 2.16. The zero-order valence-electron chi connectivity index (χ0n) is 14.1. The van der Waals surface area contributed by atoms with E-state index in [4.69, 9.17) is 4.74 Å². The molecule has 1 heterocycles. The minimum Gasteiger partial charge on any atom is -0.444 e. The lowest BCUT2D eigenvalue weighted by molar-refractivity contribution is -0.130. The SMILES string of the molecule is Cc1ccsc1CN(C)C(=O)CCCNC(=O)OC(C)(C)C. The van der Waals surface area contributed by atoms with Crippen LogP contribution in [0, 0.1) is 6.92 Å². The highest BCUT2D eigenvalue weighted by atomic mass is 32.1. The zero-order chi connectivity index (χ0) is 16.8. The number of alkyl carbamates (subject to hydrolysis) is 1. The number of amides is 2. The molecule has 0 aliphatic rings. The molecule has 1 N–H and O–H groups in total. The maximum Gasteiger partial charge on any atom is 0.407 e. The average molecular weight is 326 g/mol. The second-order valence-electron chi connectivity index (χ2n) is 6.31. The fourth-order valence-electron chi connectivity index (χ4n) is 1.80. The molecule has 0 aliphatic heterocycles. The molecule has 0 saturated heterocycles. The topological polar surface area (TPSA) is 58.6 Å². The number of carbonyl (C=O) groups excluding carboxylic acids is 2. The molecule has 0 atom stereocenters. The Kier molecular flexibility index (Phi) is 6.87. The van der Waals surface area contributed by atoms with Gasteiger partial charge in [-0.25, -0.2) is 4.79 Å². The van der Waals surface area contributed by atoms with Crippen LogP contribution in [0.25, 0.3) is 0 Å². The third-order valence-corrected chi connectivity index (χ3v) is 4.02. The van der Waals surface area contributed by atoms with E-state index >= 15 is 0 Å². The summed E-state index contributed by atoms with van der Waals surface area (Å²) in [6.45, 7) is 8.58. The Hall–Kier alpha value is -1.56. The molecule has 0 radical (unpaired) electrons. The summed E-state index contributed by atoms with van der Waals surface area (Å²) in [7, 11) is 1.81. The highest BCUT2D eigenvalue weighted by molar-refractivity contribution is 7.10. The Morgan fingerprint density at radius 2 is 2.05 bits per heavy atom. The normalized spacial score (nSPS) is 11.1. The summed E-state index contributed by atoms with van der Waals surface area (Å²) in [5.41, 5.74) is 0.717. The Morgan fingerprint density at radius 3 is 2.59 bits per heavy atom. The molecule has 2 amide bonds. The van der Waals surface area contributed by atoms with E-state index in [0.29, 0.717) is 25.9 Å². The molecular formula is C16H26N2O3S. The number of rotatable bonds is 6. The van der Waals surface area contributed by atoms with Crippen molar-refractivity contribution in [2.75, 3.05) is 13.6 Å². The molecule has 6 heteroatoms. The number of hydrogen-bond acceptors (Lipinski definition) is 4. The predicted octanol–water partition coefficient (Wildman–Crippen LogP) is 3.32. The first-order chi connectivity index (χ1) is 10.2. The van der Waals surface area contributed by atoms with Crippen LogP contribution >= 0.6 is 11.3 Å². The number of hydrogen-bond donors (Lipinski definition) is 1. The summed E-state index contributed by atoms with van der Waals surface area (Å²) in [6, 6.07) is 2.06. The fraction of sp³-hybridized carbons (Fsp3) is 0.625. The standard InChI is InChI=1S/C16H26N2O3S/c1-12-8-10-22-13(12)11-18(5)14(19)7-6-9-17-15(20)21-16(2,3)4/h8,10H,6-7,9,11H2,1-5H3,(H,17,20). The van der Waals surface area contributed by atoms with Gasteiger partial charge in [-0.15, -0.1) is 11.3 Å². The van der Waals surface area contributed by atoms with E-state index in [9.17, 15) is 9.59 Å². The van der Waals surface area contributed by atoms with E-state index in [1.54, 1.807) is 16.2 Å². The van der Waals surface area contributed by atoms with Crippen molar-refractivity contribution in [2.24, 2.45) is 0 Å². The van der Waals surface area contributed by atoms with Crippen molar-refractivity contribution in [1.29, 1.82) is 0 Å². The molecular weight excluding hydrogens is 300 g/mol. The summed E-state index contributed by atoms with van der Waals surface area (Å²) in [4.78, 5) is 26.4. The third-order valence-electron chi connectivity index (χ3n) is 3.01. The molecule has 22 heavy (non-hydrogen) atoms. The van der Waals surface area contributed by atoms with Crippen LogP contribution in [0.3, 0.4) is 0 Å². The largest absolute Gasteiger partial charge is 0.444 e. The van der Waals surface area contributed by atoms with Gasteiger partial charge in [-0.3, -0.25) is 4.79 Å². The third kappa shape index (κ3) is 6.93. The lowest BCUT2D eigenvalue weighted by Crippen LogP contribution is -2.33. The summed E-state index contributed by atoms with van der Waals surface area (Å²) >= 11 is 1.67. The molecule has 0 bridgehead atoms. The van der Waals surface area contributed by atoms with Crippen LogP contribution in [0.4, 0.5) is 4.79 Å². The van der Waals surface area contributed by atoms with E-state index < -0.39 is 11.7 Å². The van der Waals surface area contributed by atoms with Crippen LogP contribution < -0.4 is 5.32 Å². The van der Waals surface area contributed by atoms with E-state index in [-0.39, 0.29) is 5.91 Å². The van der Waals surface area contributed by atoms with E-state index in [2.05, 4.69) is 18.3 Å². The van der Waals surface area contributed by atoms with Gasteiger partial charge in [-0.05, 0) is 51.1 Å². The van der Waals surface area contributed by atoms with Crippen molar-refractivity contribution in [3.8, 4) is 0 Å². The molecule has 0 saturated carbocycles. The van der Waals surface area contributed by atoms with Gasteiger partial charge in [0.25, 0.3) is 0 Å². The van der Waals surface area contributed by atoms with Gasteiger partial charge in [0.2, 0.25) is 5.91 Å². The molecule has 1 aromatic heterocycles. The molecule has 0 fully saturated rings. The highest BCUT2D eigenvalue weighted by Crippen LogP contribution is 2.17. The van der Waals surface area contributed by atoms with E-state index in [1.165, 1.54) is 10.4 Å². The first kappa shape index (κ1) is 18.5. The van der Waals surface area contributed by atoms with Gasteiger partial charge in [0.1, 0.15) is 5.60 Å². The first-order valence-electron chi connectivity index (χ1n) is 7.43. The summed E-state index contributed by atoms with van der Waals surface area (Å²) in [5.74, 6) is 0.0822. The average Bonchev–Trinajstić information content (AvgIpc) is 2.78. The number of carbonyl (C=O) groups is 2. The lowest BCUT2D eigenvalue weighted by atomic mass is 10.2. The Bertz CT molecular complexity index is 506. The summed E-state index contributed by atoms with van der Waals surface area (Å²) in [5, 5.41) is 4.69. The van der Waals surface area contributed by atoms with Crippen LogP contribution in [0.5, 0.6) is 0 Å². The Balaban J connectivity index is 2.23. The number of aryl methyl sites for hydroxylation is 1. The molecule has 5 nitrogen and oxygen atoms in total. The molecule has 124 valence electrons. The first-order valence-corrected chi connectivity index (χ1v) is 8.31. The van der Waals surface area contributed by atoms with Gasteiger partial charge in [-0.2, -0.15) is 0 Å². The van der Waals surface area contributed by atoms with E-state index in [1.807, 2.05) is 33.2 Å². The van der Waals surface area contributed by atoms with Crippen LogP contribution in [0.15, 0.2) is 11.4 Å². The minimum atomic E-state index is -0.501. The Labute approximate surface area is 136 Å². The van der Waals surface area contributed by atoms with Crippen LogP contribution in [-0.2, 0) is 16.1 Å². The number of ether oxygens (including phenoxy) is 1. The fourth-order valence-corrected chi connectivity index (χ4v) is 2.76. The van der Waals surface area contributed by atoms with Crippen LogP contribution in [0.2, 0.25) is 0 Å². The van der Waals surface area contributed by atoms with Crippen molar-refractivity contribution < 1.29 is 14.3 Å². The van der Waals surface area contributed by atoms with Crippen LogP contribution in [-0.4, -0.2) is 36.1 Å². The molecule has 1 rings (SSSR count). The van der Waals surface area contributed by atoms with Gasteiger partial charge in [0.05, 0.1) is 6.54 Å². The molecule has 0 unspecified atom stereocenters. The van der Waals surface area contributed by atoms with Gasteiger partial charge >= 0.3 is 6.09 Å². The molecule has 0 aliphatic carbocycles. The van der Waals surface area contributed by atoms with Crippen molar-refractivity contribution in [3.05, 3.63) is 21.9 Å². The maximum atomic E-state index is 12.0. The van der Waals surface area contributed by atoms with Crippen LogP contribution in [0.1, 0.15) is 44.1 Å². The minimum absolute atomic E-state index is 0.0822. The maximum absolute atomic E-state index is 12.0. The van der Waals surface area contributed by atoms with Gasteiger partial charge in [0, 0.05) is 24.9 Å². The second-order valence-corrected chi connectivity index (χ2v) is 7.31. The Morgan fingerprint density at radius 1 is 1.36 bits per heavy atom. The molecule has 0 aromatic carbocycles. The van der Waals surface area contributed by atoms with Crippen molar-refractivity contribution in [2.45, 2.75) is 52.7 Å². The number of nitrogens with zero attached hydrogens (tertiary/aromatic N) is 1. The van der Waals surface area contributed by atoms with Crippen molar-refractivity contribution in [1.82, 2.24) is 10.2 Å². The number of nitrogens with one attached hydrogen (secondary N) is 1. The van der Waals surface area contributed by atoms with Gasteiger partial charge in [-0.1, -0.05) is 0 Å². The van der Waals surface area contributed by atoms with Gasteiger partial charge in [0.15, 0.2) is 0 Å². The monoisotopic (exact) mass is 326 g/mol. The molecule has 0 spiro atoms. The summed E-state index contributed by atoms with van der Waals surface area (Å²) < 4.78 is 5.13. The molecule has 1 aromatic rings. The predicted molar refractivity (Wildman–Crippen MR) is 89.0 cm³/mol. The smallest absolute Gasteiger partial charge is 0.407 e. The van der Waals surface area contributed by atoms with Crippen molar-refractivity contribution in [3.63, 3.8) is 0 Å².